The number of carbonyl (C=O) groups is 2. The second-order valence-corrected chi connectivity index (χ2v) is 5.71. The van der Waals surface area contributed by atoms with Crippen LogP contribution in [0.5, 0.6) is 0 Å². The van der Waals surface area contributed by atoms with Gasteiger partial charge in [0.2, 0.25) is 5.91 Å². The molecular formula is C16H22N2O3. The van der Waals surface area contributed by atoms with E-state index in [9.17, 15) is 14.7 Å². The summed E-state index contributed by atoms with van der Waals surface area (Å²) in [5.41, 5.74) is 7.39. The third-order valence-electron chi connectivity index (χ3n) is 4.09. The van der Waals surface area contributed by atoms with Crippen molar-refractivity contribution in [1.82, 2.24) is 4.90 Å². The maximum absolute atomic E-state index is 12.4. The molecule has 21 heavy (non-hydrogen) atoms. The first kappa shape index (κ1) is 15.4. The highest BCUT2D eigenvalue weighted by Gasteiger charge is 2.32. The quantitative estimate of drug-likeness (QED) is 0.833. The number of aliphatic carboxylic acids is 1. The Balaban J connectivity index is 2.02. The third kappa shape index (κ3) is 3.74. The number of anilines is 1. The van der Waals surface area contributed by atoms with E-state index >= 15 is 0 Å². The average Bonchev–Trinajstić information content (AvgIpc) is 2.47. The molecule has 0 aromatic heterocycles. The van der Waals surface area contributed by atoms with Crippen molar-refractivity contribution in [3.05, 3.63) is 29.8 Å². The predicted octanol–water partition coefficient (Wildman–Crippen LogP) is 2.23. The van der Waals surface area contributed by atoms with Gasteiger partial charge >= 0.3 is 5.97 Å². The summed E-state index contributed by atoms with van der Waals surface area (Å²) in [4.78, 5) is 25.2. The van der Waals surface area contributed by atoms with E-state index in [-0.39, 0.29) is 11.8 Å². The number of piperidine rings is 1. The zero-order chi connectivity index (χ0) is 15.4. The molecule has 1 saturated heterocycles. The van der Waals surface area contributed by atoms with Gasteiger partial charge in [-0.05, 0) is 42.9 Å². The Kier molecular flexibility index (Phi) is 4.83. The number of carboxylic acids is 1. The molecular weight excluding hydrogens is 268 g/mol. The molecule has 0 aliphatic carbocycles. The first-order valence-corrected chi connectivity index (χ1v) is 7.36. The lowest BCUT2D eigenvalue weighted by Gasteiger charge is -2.33. The minimum absolute atomic E-state index is 0.0504. The SMILES string of the molecule is CC(CC(=O)N1CCCC[C@@H]1C(=O)O)c1ccc(N)cc1. The summed E-state index contributed by atoms with van der Waals surface area (Å²) in [6.45, 7) is 2.52. The van der Waals surface area contributed by atoms with Gasteiger partial charge in [-0.25, -0.2) is 4.79 Å². The lowest BCUT2D eigenvalue weighted by atomic mass is 9.95. The zero-order valence-corrected chi connectivity index (χ0v) is 12.3. The van der Waals surface area contributed by atoms with Crippen molar-refractivity contribution in [2.75, 3.05) is 12.3 Å². The van der Waals surface area contributed by atoms with Gasteiger partial charge in [-0.3, -0.25) is 4.79 Å². The summed E-state index contributed by atoms with van der Waals surface area (Å²) >= 11 is 0. The minimum atomic E-state index is -0.900. The van der Waals surface area contributed by atoms with Crippen LogP contribution in [0.1, 0.15) is 44.1 Å². The number of benzene rings is 1. The van der Waals surface area contributed by atoms with Gasteiger partial charge in [0.15, 0.2) is 0 Å². The summed E-state index contributed by atoms with van der Waals surface area (Å²) in [5, 5.41) is 9.23. The first-order valence-electron chi connectivity index (χ1n) is 7.36. The van der Waals surface area contributed by atoms with Gasteiger partial charge in [-0.2, -0.15) is 0 Å². The van der Waals surface area contributed by atoms with Crippen LogP contribution < -0.4 is 5.73 Å². The molecule has 2 rings (SSSR count). The first-order chi connectivity index (χ1) is 9.99. The van der Waals surface area contributed by atoms with Crippen LogP contribution in [0, 0.1) is 0 Å². The van der Waals surface area contributed by atoms with Crippen LogP contribution in [0.25, 0.3) is 0 Å². The van der Waals surface area contributed by atoms with E-state index in [1.807, 2.05) is 31.2 Å². The van der Waals surface area contributed by atoms with E-state index in [0.717, 1.165) is 18.4 Å². The summed E-state index contributed by atoms with van der Waals surface area (Å²) < 4.78 is 0. The molecule has 2 atom stereocenters. The van der Waals surface area contributed by atoms with Crippen LogP contribution in [-0.4, -0.2) is 34.5 Å². The number of carboxylic acid groups (broad SMARTS) is 1. The Morgan fingerprint density at radius 3 is 2.62 bits per heavy atom. The normalized spacial score (nSPS) is 20.0. The summed E-state index contributed by atoms with van der Waals surface area (Å²) in [6.07, 6.45) is 2.63. The van der Waals surface area contributed by atoms with Crippen LogP contribution in [0.4, 0.5) is 5.69 Å². The fraction of sp³-hybridized carbons (Fsp3) is 0.500. The van der Waals surface area contributed by atoms with Gasteiger partial charge in [0.25, 0.3) is 0 Å². The van der Waals surface area contributed by atoms with Crippen LogP contribution in [0.3, 0.4) is 0 Å². The number of carbonyl (C=O) groups excluding carboxylic acids is 1. The largest absolute Gasteiger partial charge is 0.480 e. The number of rotatable bonds is 4. The second-order valence-electron chi connectivity index (χ2n) is 5.71. The van der Waals surface area contributed by atoms with E-state index in [1.165, 1.54) is 4.90 Å². The van der Waals surface area contributed by atoms with Gasteiger partial charge in [0.1, 0.15) is 6.04 Å². The van der Waals surface area contributed by atoms with Crippen LogP contribution in [0.15, 0.2) is 24.3 Å². The monoisotopic (exact) mass is 290 g/mol. The van der Waals surface area contributed by atoms with Crippen molar-refractivity contribution in [3.63, 3.8) is 0 Å². The van der Waals surface area contributed by atoms with Gasteiger partial charge in [0.05, 0.1) is 0 Å². The number of nitrogens with two attached hydrogens (primary N) is 1. The zero-order valence-electron chi connectivity index (χ0n) is 12.3. The maximum Gasteiger partial charge on any atom is 0.326 e. The molecule has 5 heteroatoms. The minimum Gasteiger partial charge on any atom is -0.480 e. The van der Waals surface area contributed by atoms with Crippen molar-refractivity contribution in [1.29, 1.82) is 0 Å². The molecule has 1 aliphatic heterocycles. The Morgan fingerprint density at radius 2 is 2.00 bits per heavy atom. The van der Waals surface area contributed by atoms with Crippen molar-refractivity contribution in [3.8, 4) is 0 Å². The van der Waals surface area contributed by atoms with Gasteiger partial charge in [0, 0.05) is 18.7 Å². The molecule has 114 valence electrons. The number of likely N-dealkylation sites (tertiary alicyclic amines) is 1. The molecule has 1 fully saturated rings. The molecule has 0 spiro atoms. The Bertz CT molecular complexity index is 513. The lowest BCUT2D eigenvalue weighted by molar-refractivity contribution is -0.152. The van der Waals surface area contributed by atoms with E-state index < -0.39 is 12.0 Å². The third-order valence-corrected chi connectivity index (χ3v) is 4.09. The molecule has 0 saturated carbocycles. The number of hydrogen-bond donors (Lipinski definition) is 2. The molecule has 1 amide bonds. The van der Waals surface area contributed by atoms with Crippen LogP contribution >= 0.6 is 0 Å². The van der Waals surface area contributed by atoms with Crippen molar-refractivity contribution < 1.29 is 14.7 Å². The molecule has 5 nitrogen and oxygen atoms in total. The molecule has 1 unspecified atom stereocenters. The number of nitrogens with zero attached hydrogens (tertiary/aromatic N) is 1. The number of amides is 1. The lowest BCUT2D eigenvalue weighted by Crippen LogP contribution is -2.48. The fourth-order valence-electron chi connectivity index (χ4n) is 2.81. The standard InChI is InChI=1S/C16H22N2O3/c1-11(12-5-7-13(17)8-6-12)10-15(19)18-9-3-2-4-14(18)16(20)21/h5-8,11,14H,2-4,9-10,17H2,1H3,(H,20,21)/t11?,14-/m1/s1. The molecule has 0 bridgehead atoms. The highest BCUT2D eigenvalue weighted by molar-refractivity contribution is 5.84. The summed E-state index contributed by atoms with van der Waals surface area (Å²) in [7, 11) is 0. The van der Waals surface area contributed by atoms with E-state index in [4.69, 9.17) is 5.73 Å². The van der Waals surface area contributed by atoms with E-state index in [1.54, 1.807) is 0 Å². The smallest absolute Gasteiger partial charge is 0.326 e. The molecule has 0 radical (unpaired) electrons. The van der Waals surface area contributed by atoms with Crippen molar-refractivity contribution in [2.24, 2.45) is 0 Å². The molecule has 3 N–H and O–H groups in total. The van der Waals surface area contributed by atoms with Crippen LogP contribution in [0.2, 0.25) is 0 Å². The van der Waals surface area contributed by atoms with Gasteiger partial charge < -0.3 is 15.7 Å². The molecule has 1 aliphatic rings. The highest BCUT2D eigenvalue weighted by atomic mass is 16.4. The Hall–Kier alpha value is -2.04. The van der Waals surface area contributed by atoms with Gasteiger partial charge in [-0.15, -0.1) is 0 Å². The molecule has 1 heterocycles. The Morgan fingerprint density at radius 1 is 1.33 bits per heavy atom. The Labute approximate surface area is 124 Å². The maximum atomic E-state index is 12.4. The fourth-order valence-corrected chi connectivity index (χ4v) is 2.81. The van der Waals surface area contributed by atoms with E-state index in [2.05, 4.69) is 0 Å². The average molecular weight is 290 g/mol. The summed E-state index contributed by atoms with van der Waals surface area (Å²) in [5.74, 6) is -0.927. The number of nitrogen functional groups attached to an aromatic ring is 1. The van der Waals surface area contributed by atoms with Gasteiger partial charge in [-0.1, -0.05) is 19.1 Å². The molecule has 1 aromatic rings. The summed E-state index contributed by atoms with van der Waals surface area (Å²) in [6, 6.07) is 6.80. The van der Waals surface area contributed by atoms with Crippen molar-refractivity contribution in [2.45, 2.75) is 44.6 Å². The van der Waals surface area contributed by atoms with Crippen molar-refractivity contribution >= 4 is 17.6 Å². The highest BCUT2D eigenvalue weighted by Crippen LogP contribution is 2.24. The number of hydrogen-bond acceptors (Lipinski definition) is 3. The van der Waals surface area contributed by atoms with Crippen LogP contribution in [-0.2, 0) is 9.59 Å². The molecule has 1 aromatic carbocycles. The van der Waals surface area contributed by atoms with E-state index in [0.29, 0.717) is 25.1 Å². The topological polar surface area (TPSA) is 83.6 Å². The second kappa shape index (κ2) is 6.61. The predicted molar refractivity (Wildman–Crippen MR) is 80.9 cm³/mol.